The lowest BCUT2D eigenvalue weighted by atomic mass is 10.1. The minimum atomic E-state index is -3.60. The second-order valence-corrected chi connectivity index (χ2v) is 7.71. The van der Waals surface area contributed by atoms with Gasteiger partial charge in [0.1, 0.15) is 0 Å². The first-order chi connectivity index (χ1) is 9.92. The molecule has 0 radical (unpaired) electrons. The van der Waals surface area contributed by atoms with Gasteiger partial charge in [0.15, 0.2) is 0 Å². The predicted octanol–water partition coefficient (Wildman–Crippen LogP) is 3.56. The van der Waals surface area contributed by atoms with Crippen LogP contribution in [0.5, 0.6) is 0 Å². The van der Waals surface area contributed by atoms with Crippen molar-refractivity contribution in [1.29, 1.82) is 5.26 Å². The van der Waals surface area contributed by atoms with Crippen LogP contribution in [-0.2, 0) is 16.6 Å². The van der Waals surface area contributed by atoms with Crippen molar-refractivity contribution in [3.63, 3.8) is 0 Å². The Morgan fingerprint density at radius 2 is 1.76 bits per heavy atom. The molecule has 108 valence electrons. The van der Waals surface area contributed by atoms with Crippen molar-refractivity contribution in [3.8, 4) is 6.07 Å². The summed E-state index contributed by atoms with van der Waals surface area (Å²) >= 11 is 6.52. The monoisotopic (exact) mass is 428 g/mol. The number of halogens is 2. The van der Waals surface area contributed by atoms with Crippen molar-refractivity contribution in [1.82, 2.24) is 4.72 Å². The maximum atomic E-state index is 12.3. The number of hydrogen-bond acceptors (Lipinski definition) is 3. The average molecular weight is 430 g/mol. The van der Waals surface area contributed by atoms with Crippen LogP contribution >= 0.6 is 31.9 Å². The van der Waals surface area contributed by atoms with Crippen LogP contribution in [0.4, 0.5) is 0 Å². The Hall–Kier alpha value is -1.20. The van der Waals surface area contributed by atoms with Crippen molar-refractivity contribution in [2.45, 2.75) is 11.4 Å². The third-order valence-corrected chi connectivity index (χ3v) is 5.60. The lowest BCUT2D eigenvalue weighted by Crippen LogP contribution is -2.23. The van der Waals surface area contributed by atoms with E-state index in [9.17, 15) is 8.42 Å². The van der Waals surface area contributed by atoms with Gasteiger partial charge in [0.25, 0.3) is 0 Å². The zero-order valence-electron chi connectivity index (χ0n) is 10.7. The van der Waals surface area contributed by atoms with Gasteiger partial charge in [0.2, 0.25) is 10.0 Å². The highest BCUT2D eigenvalue weighted by Gasteiger charge is 2.17. The topological polar surface area (TPSA) is 70.0 Å². The zero-order chi connectivity index (χ0) is 15.5. The summed E-state index contributed by atoms with van der Waals surface area (Å²) in [5.41, 5.74) is 1.32. The molecule has 1 N–H and O–H groups in total. The van der Waals surface area contributed by atoms with Gasteiger partial charge in [0.05, 0.1) is 16.5 Å². The summed E-state index contributed by atoms with van der Waals surface area (Å²) in [4.78, 5) is 0.180. The van der Waals surface area contributed by atoms with E-state index in [1.54, 1.807) is 36.4 Å². The molecule has 2 rings (SSSR count). The summed E-state index contributed by atoms with van der Waals surface area (Å²) in [7, 11) is -3.60. The predicted molar refractivity (Wildman–Crippen MR) is 87.0 cm³/mol. The van der Waals surface area contributed by atoms with Crippen molar-refractivity contribution in [3.05, 3.63) is 62.5 Å². The zero-order valence-corrected chi connectivity index (χ0v) is 14.7. The maximum Gasteiger partial charge on any atom is 0.241 e. The van der Waals surface area contributed by atoms with Crippen LogP contribution in [0.3, 0.4) is 0 Å². The molecule has 0 aliphatic heterocycles. The molecule has 2 aromatic carbocycles. The van der Waals surface area contributed by atoms with Crippen LogP contribution in [0.1, 0.15) is 11.1 Å². The van der Waals surface area contributed by atoms with Gasteiger partial charge >= 0.3 is 0 Å². The molecule has 0 unspecified atom stereocenters. The molecule has 0 heterocycles. The molecule has 7 heteroatoms. The molecule has 2 aromatic rings. The number of rotatable bonds is 4. The number of nitriles is 1. The smallest absolute Gasteiger partial charge is 0.207 e. The Labute approximate surface area is 140 Å². The fourth-order valence-electron chi connectivity index (χ4n) is 1.65. The molecule has 0 spiro atoms. The quantitative estimate of drug-likeness (QED) is 0.807. The summed E-state index contributed by atoms with van der Waals surface area (Å²) in [6, 6.07) is 13.6. The molecular weight excluding hydrogens is 420 g/mol. The first-order valence-corrected chi connectivity index (χ1v) is 8.93. The Morgan fingerprint density at radius 1 is 1.10 bits per heavy atom. The minimum Gasteiger partial charge on any atom is -0.207 e. The SMILES string of the molecule is N#Cc1ccc(CNS(=O)(=O)c2ccc(Br)cc2Br)cc1. The lowest BCUT2D eigenvalue weighted by Gasteiger charge is -2.09. The normalized spacial score (nSPS) is 11.1. The number of nitrogens with one attached hydrogen (secondary N) is 1. The third-order valence-electron chi connectivity index (χ3n) is 2.73. The lowest BCUT2D eigenvalue weighted by molar-refractivity contribution is 0.581. The van der Waals surface area contributed by atoms with E-state index >= 15 is 0 Å². The summed E-state index contributed by atoms with van der Waals surface area (Å²) < 4.78 is 28.3. The molecule has 0 saturated carbocycles. The Kier molecular flexibility index (Phi) is 5.17. The van der Waals surface area contributed by atoms with E-state index < -0.39 is 10.0 Å². The molecule has 0 atom stereocenters. The van der Waals surface area contributed by atoms with Gasteiger partial charge in [-0.05, 0) is 51.8 Å². The van der Waals surface area contributed by atoms with Gasteiger partial charge in [-0.1, -0.05) is 28.1 Å². The van der Waals surface area contributed by atoms with Crippen LogP contribution < -0.4 is 4.72 Å². The summed E-state index contributed by atoms with van der Waals surface area (Å²) in [6.07, 6.45) is 0. The van der Waals surface area contributed by atoms with Crippen molar-refractivity contribution in [2.75, 3.05) is 0 Å². The fourth-order valence-corrected chi connectivity index (χ4v) is 4.41. The third kappa shape index (κ3) is 4.14. The van der Waals surface area contributed by atoms with E-state index in [4.69, 9.17) is 5.26 Å². The van der Waals surface area contributed by atoms with Gasteiger partial charge in [-0.2, -0.15) is 5.26 Å². The second-order valence-electron chi connectivity index (χ2n) is 4.21. The molecule has 0 amide bonds. The number of hydrogen-bond donors (Lipinski definition) is 1. The number of benzene rings is 2. The van der Waals surface area contributed by atoms with Crippen LogP contribution in [0.2, 0.25) is 0 Å². The van der Waals surface area contributed by atoms with Gasteiger partial charge < -0.3 is 0 Å². The molecule has 4 nitrogen and oxygen atoms in total. The van der Waals surface area contributed by atoms with Crippen molar-refractivity contribution < 1.29 is 8.42 Å². The Morgan fingerprint density at radius 3 is 2.33 bits per heavy atom. The maximum absolute atomic E-state index is 12.3. The van der Waals surface area contributed by atoms with E-state index in [2.05, 4.69) is 36.6 Å². The van der Waals surface area contributed by atoms with Crippen LogP contribution in [0.15, 0.2) is 56.3 Å². The largest absolute Gasteiger partial charge is 0.241 e. The molecule has 0 fully saturated rings. The second kappa shape index (κ2) is 6.71. The van der Waals surface area contributed by atoms with Crippen molar-refractivity contribution in [2.24, 2.45) is 0 Å². The van der Waals surface area contributed by atoms with Crippen molar-refractivity contribution >= 4 is 41.9 Å². The number of sulfonamides is 1. The molecule has 0 aromatic heterocycles. The standard InChI is InChI=1S/C14H10Br2N2O2S/c15-12-5-6-14(13(16)7-12)21(19,20)18-9-11-3-1-10(8-17)2-4-11/h1-7,18H,9H2. The highest BCUT2D eigenvalue weighted by atomic mass is 79.9. The molecule has 0 saturated heterocycles. The highest BCUT2D eigenvalue weighted by Crippen LogP contribution is 2.25. The minimum absolute atomic E-state index is 0.163. The van der Waals surface area contributed by atoms with Crippen LogP contribution in [-0.4, -0.2) is 8.42 Å². The van der Waals surface area contributed by atoms with E-state index in [0.717, 1.165) is 10.0 Å². The molecule has 21 heavy (non-hydrogen) atoms. The number of nitrogens with zero attached hydrogens (tertiary/aromatic N) is 1. The highest BCUT2D eigenvalue weighted by molar-refractivity contribution is 9.11. The van der Waals surface area contributed by atoms with Crippen LogP contribution in [0.25, 0.3) is 0 Å². The first kappa shape index (κ1) is 16.2. The van der Waals surface area contributed by atoms with Gasteiger partial charge in [0, 0.05) is 15.5 Å². The molecule has 0 bridgehead atoms. The molecule has 0 aliphatic carbocycles. The van der Waals surface area contributed by atoms with Gasteiger partial charge in [-0.25, -0.2) is 13.1 Å². The first-order valence-electron chi connectivity index (χ1n) is 5.86. The molecular formula is C14H10Br2N2O2S. The van der Waals surface area contributed by atoms with E-state index in [0.29, 0.717) is 10.0 Å². The van der Waals surface area contributed by atoms with Crippen LogP contribution in [0, 0.1) is 11.3 Å². The van der Waals surface area contributed by atoms with E-state index in [1.807, 2.05) is 6.07 Å². The van der Waals surface area contributed by atoms with E-state index in [-0.39, 0.29) is 11.4 Å². The summed E-state index contributed by atoms with van der Waals surface area (Å²) in [5, 5.41) is 8.72. The van der Waals surface area contributed by atoms with Gasteiger partial charge in [-0.3, -0.25) is 0 Å². The summed E-state index contributed by atoms with van der Waals surface area (Å²) in [6.45, 7) is 0.163. The fraction of sp³-hybridized carbons (Fsp3) is 0.0714. The Balaban J connectivity index is 2.16. The van der Waals surface area contributed by atoms with Gasteiger partial charge in [-0.15, -0.1) is 0 Å². The Bertz CT molecular complexity index is 797. The average Bonchev–Trinajstić information content (AvgIpc) is 2.45. The summed E-state index contributed by atoms with van der Waals surface area (Å²) in [5.74, 6) is 0. The molecule has 0 aliphatic rings. The van der Waals surface area contributed by atoms with E-state index in [1.165, 1.54) is 6.07 Å².